The first kappa shape index (κ1) is 18.0. The Hall–Kier alpha value is -2.79. The molecule has 3 rings (SSSR count). The van der Waals surface area contributed by atoms with Crippen LogP contribution in [-0.4, -0.2) is 17.9 Å². The van der Waals surface area contributed by atoms with Crippen LogP contribution in [0.2, 0.25) is 0 Å². The van der Waals surface area contributed by atoms with Crippen LogP contribution in [0.5, 0.6) is 5.75 Å². The maximum absolute atomic E-state index is 12.8. The molecule has 26 heavy (non-hydrogen) atoms. The maximum Gasteiger partial charge on any atom is 0.247 e. The third-order valence-corrected chi connectivity index (χ3v) is 4.80. The molecule has 0 saturated carbocycles. The van der Waals surface area contributed by atoms with Crippen LogP contribution in [0.25, 0.3) is 6.08 Å². The van der Waals surface area contributed by atoms with E-state index >= 15 is 0 Å². The molecular weight excluding hydrogens is 346 g/mol. The normalized spacial score (nSPS) is 11.0. The summed E-state index contributed by atoms with van der Waals surface area (Å²) in [4.78, 5) is 15.8. The molecule has 1 amide bonds. The highest BCUT2D eigenvalue weighted by molar-refractivity contribution is 7.09. The predicted octanol–water partition coefficient (Wildman–Crippen LogP) is 4.90. The van der Waals surface area contributed by atoms with Gasteiger partial charge in [0, 0.05) is 23.1 Å². The molecule has 4 nitrogen and oxygen atoms in total. The van der Waals surface area contributed by atoms with E-state index in [1.807, 2.05) is 60.8 Å². The van der Waals surface area contributed by atoms with Gasteiger partial charge in [0.15, 0.2) is 0 Å². The average molecular weight is 367 g/mol. The van der Waals surface area contributed by atoms with E-state index in [-0.39, 0.29) is 5.91 Å². The lowest BCUT2D eigenvalue weighted by molar-refractivity contribution is -0.127. The van der Waals surface area contributed by atoms with Crippen molar-refractivity contribution in [2.75, 3.05) is 7.11 Å². The van der Waals surface area contributed by atoms with Gasteiger partial charge in [-0.25, -0.2) is 0 Å². The fourth-order valence-electron chi connectivity index (χ4n) is 2.64. The van der Waals surface area contributed by atoms with Gasteiger partial charge in [-0.1, -0.05) is 24.3 Å². The first-order valence-corrected chi connectivity index (χ1v) is 9.21. The summed E-state index contributed by atoms with van der Waals surface area (Å²) < 4.78 is 10.9. The van der Waals surface area contributed by atoms with E-state index in [2.05, 4.69) is 0 Å². The van der Waals surface area contributed by atoms with Gasteiger partial charge in [-0.2, -0.15) is 0 Å². The molecule has 0 bridgehead atoms. The van der Waals surface area contributed by atoms with Gasteiger partial charge in [0.25, 0.3) is 0 Å². The number of methoxy groups -OCH3 is 1. The fraction of sp³-hybridized carbons (Fsp3) is 0.190. The Morgan fingerprint density at radius 2 is 2.00 bits per heavy atom. The molecule has 2 heterocycles. The molecule has 0 saturated heterocycles. The quantitative estimate of drug-likeness (QED) is 0.558. The van der Waals surface area contributed by atoms with E-state index in [1.165, 1.54) is 0 Å². The number of para-hydroxylation sites is 1. The Morgan fingerprint density at radius 1 is 1.15 bits per heavy atom. The van der Waals surface area contributed by atoms with E-state index in [0.29, 0.717) is 18.8 Å². The molecule has 0 spiro atoms. The lowest BCUT2D eigenvalue weighted by atomic mass is 10.2. The van der Waals surface area contributed by atoms with Crippen LogP contribution < -0.4 is 4.74 Å². The Morgan fingerprint density at radius 3 is 2.69 bits per heavy atom. The molecule has 5 heteroatoms. The summed E-state index contributed by atoms with van der Waals surface area (Å²) in [5.74, 6) is 2.20. The van der Waals surface area contributed by atoms with Crippen molar-refractivity contribution < 1.29 is 13.9 Å². The Bertz CT molecular complexity index is 880. The number of hydrogen-bond donors (Lipinski definition) is 0. The molecule has 1 aromatic carbocycles. The van der Waals surface area contributed by atoms with Gasteiger partial charge in [-0.3, -0.25) is 4.79 Å². The van der Waals surface area contributed by atoms with Crippen molar-refractivity contribution in [3.63, 3.8) is 0 Å². The average Bonchev–Trinajstić information content (AvgIpc) is 3.31. The minimum absolute atomic E-state index is 0.0710. The topological polar surface area (TPSA) is 42.7 Å². The summed E-state index contributed by atoms with van der Waals surface area (Å²) in [6.07, 6.45) is 3.26. The van der Waals surface area contributed by atoms with Gasteiger partial charge < -0.3 is 14.1 Å². The molecule has 0 aliphatic carbocycles. The fourth-order valence-corrected chi connectivity index (χ4v) is 3.36. The Balaban J connectivity index is 1.80. The second-order valence-corrected chi connectivity index (χ2v) is 6.90. The number of hydrogen-bond acceptors (Lipinski definition) is 4. The molecule has 2 aromatic heterocycles. The van der Waals surface area contributed by atoms with Crippen LogP contribution in [0.4, 0.5) is 0 Å². The highest BCUT2D eigenvalue weighted by Crippen LogP contribution is 2.22. The summed E-state index contributed by atoms with van der Waals surface area (Å²) in [6.45, 7) is 2.91. The second kappa shape index (κ2) is 8.54. The van der Waals surface area contributed by atoms with Gasteiger partial charge in [0.05, 0.1) is 13.7 Å². The summed E-state index contributed by atoms with van der Waals surface area (Å²) in [5, 5.41) is 2.02. The Kier molecular flexibility index (Phi) is 5.92. The zero-order valence-electron chi connectivity index (χ0n) is 14.8. The van der Waals surface area contributed by atoms with Crippen LogP contribution in [0.1, 0.15) is 22.0 Å². The van der Waals surface area contributed by atoms with Crippen molar-refractivity contribution >= 4 is 23.3 Å². The molecule has 0 radical (unpaired) electrons. The van der Waals surface area contributed by atoms with Gasteiger partial charge in [0.2, 0.25) is 5.91 Å². The van der Waals surface area contributed by atoms with Crippen LogP contribution in [-0.2, 0) is 17.9 Å². The number of carbonyl (C=O) groups is 1. The minimum Gasteiger partial charge on any atom is -0.496 e. The number of aryl methyl sites for hydroxylation is 1. The molecule has 134 valence electrons. The van der Waals surface area contributed by atoms with Crippen molar-refractivity contribution in [2.24, 2.45) is 0 Å². The van der Waals surface area contributed by atoms with Crippen molar-refractivity contribution in [3.8, 4) is 5.75 Å². The van der Waals surface area contributed by atoms with Crippen LogP contribution >= 0.6 is 11.3 Å². The highest BCUT2D eigenvalue weighted by atomic mass is 32.1. The number of benzene rings is 1. The number of amides is 1. The maximum atomic E-state index is 12.8. The number of carbonyl (C=O) groups excluding carboxylic acids is 1. The lowest BCUT2D eigenvalue weighted by Crippen LogP contribution is -2.28. The monoisotopic (exact) mass is 367 g/mol. The van der Waals surface area contributed by atoms with E-state index in [0.717, 1.165) is 22.0 Å². The molecule has 0 N–H and O–H groups in total. The summed E-state index contributed by atoms with van der Waals surface area (Å²) in [6, 6.07) is 15.5. The number of ether oxygens (including phenoxy) is 1. The predicted molar refractivity (Wildman–Crippen MR) is 104 cm³/mol. The first-order valence-electron chi connectivity index (χ1n) is 8.33. The largest absolute Gasteiger partial charge is 0.496 e. The smallest absolute Gasteiger partial charge is 0.247 e. The third kappa shape index (κ3) is 4.64. The standard InChI is InChI=1S/C21H21NO3S/c1-16-9-10-18(25-16)11-12-21(23)22(15-19-7-5-13-26-19)14-17-6-3-4-8-20(17)24-2/h3-13H,14-15H2,1-2H3/b12-11+. The van der Waals surface area contributed by atoms with Crippen LogP contribution in [0, 0.1) is 6.92 Å². The summed E-state index contributed by atoms with van der Waals surface area (Å²) in [5.41, 5.74) is 0.974. The van der Waals surface area contributed by atoms with Crippen LogP contribution in [0.3, 0.4) is 0 Å². The van der Waals surface area contributed by atoms with E-state index < -0.39 is 0 Å². The molecule has 0 atom stereocenters. The Labute approximate surface area is 157 Å². The second-order valence-electron chi connectivity index (χ2n) is 5.87. The molecule has 0 aliphatic heterocycles. The molecule has 0 fully saturated rings. The number of thiophene rings is 1. The zero-order valence-corrected chi connectivity index (χ0v) is 15.7. The van der Waals surface area contributed by atoms with Crippen molar-refractivity contribution in [3.05, 3.63) is 81.9 Å². The summed E-state index contributed by atoms with van der Waals surface area (Å²) >= 11 is 1.64. The van der Waals surface area contributed by atoms with Crippen LogP contribution in [0.15, 0.2) is 64.4 Å². The first-order chi connectivity index (χ1) is 12.7. The number of nitrogens with zero attached hydrogens (tertiary/aromatic N) is 1. The highest BCUT2D eigenvalue weighted by Gasteiger charge is 2.15. The number of furan rings is 1. The zero-order chi connectivity index (χ0) is 18.4. The van der Waals surface area contributed by atoms with Gasteiger partial charge in [0.1, 0.15) is 17.3 Å². The lowest BCUT2D eigenvalue weighted by Gasteiger charge is -2.22. The molecular formula is C21H21NO3S. The number of rotatable bonds is 7. The third-order valence-electron chi connectivity index (χ3n) is 3.94. The molecule has 3 aromatic rings. The van der Waals surface area contributed by atoms with Crippen molar-refractivity contribution in [1.29, 1.82) is 0 Å². The van der Waals surface area contributed by atoms with E-state index in [1.54, 1.807) is 35.5 Å². The van der Waals surface area contributed by atoms with Gasteiger partial charge >= 0.3 is 0 Å². The van der Waals surface area contributed by atoms with Crippen molar-refractivity contribution in [1.82, 2.24) is 4.90 Å². The minimum atomic E-state index is -0.0710. The SMILES string of the molecule is COc1ccccc1CN(Cc1cccs1)C(=O)/C=C/c1ccc(C)o1. The molecule has 0 aliphatic rings. The molecule has 0 unspecified atom stereocenters. The summed E-state index contributed by atoms with van der Waals surface area (Å²) in [7, 11) is 1.64. The van der Waals surface area contributed by atoms with E-state index in [9.17, 15) is 4.79 Å². The van der Waals surface area contributed by atoms with Crippen molar-refractivity contribution in [2.45, 2.75) is 20.0 Å². The van der Waals surface area contributed by atoms with E-state index in [4.69, 9.17) is 9.15 Å². The van der Waals surface area contributed by atoms with Gasteiger partial charge in [-0.05, 0) is 42.6 Å². The van der Waals surface area contributed by atoms with Gasteiger partial charge in [-0.15, -0.1) is 11.3 Å².